The number of benzene rings is 3. The molecule has 0 aliphatic carbocycles. The van der Waals surface area contributed by atoms with Crippen LogP contribution in [-0.4, -0.2) is 18.0 Å². The molecule has 26 heavy (non-hydrogen) atoms. The molecular weight excluding hydrogens is 373 g/mol. The van der Waals surface area contributed by atoms with Gasteiger partial charge in [0.15, 0.2) is 0 Å². The molecule has 0 saturated carbocycles. The van der Waals surface area contributed by atoms with E-state index in [0.717, 1.165) is 10.8 Å². The van der Waals surface area contributed by atoms with Crippen molar-refractivity contribution in [2.24, 2.45) is 5.10 Å². The van der Waals surface area contributed by atoms with Crippen LogP contribution in [0.5, 0.6) is 0 Å². The van der Waals surface area contributed by atoms with Gasteiger partial charge in [-0.1, -0.05) is 59.6 Å². The molecule has 130 valence electrons. The van der Waals surface area contributed by atoms with E-state index in [2.05, 4.69) is 15.8 Å². The van der Waals surface area contributed by atoms with E-state index in [0.29, 0.717) is 21.3 Å². The Hall–Kier alpha value is -2.89. The monoisotopic (exact) mass is 385 g/mol. The molecule has 5 nitrogen and oxygen atoms in total. The number of carbonyl (C=O) groups excluding carboxylic acids is 2. The molecule has 0 saturated heterocycles. The molecule has 0 atom stereocenters. The van der Waals surface area contributed by atoms with Gasteiger partial charge >= 0.3 is 11.8 Å². The minimum atomic E-state index is -0.889. The molecule has 2 amide bonds. The lowest BCUT2D eigenvalue weighted by Gasteiger charge is -2.05. The Balaban J connectivity index is 1.62. The Kier molecular flexibility index (Phi) is 5.51. The maximum absolute atomic E-state index is 12.0. The van der Waals surface area contributed by atoms with Gasteiger partial charge in [-0.15, -0.1) is 0 Å². The van der Waals surface area contributed by atoms with Gasteiger partial charge in [0.25, 0.3) is 0 Å². The minimum Gasteiger partial charge on any atom is -0.318 e. The van der Waals surface area contributed by atoms with Crippen LogP contribution in [0, 0.1) is 0 Å². The first kappa shape index (κ1) is 17.9. The number of carbonyl (C=O) groups is 2. The molecule has 0 aliphatic heterocycles. The number of hydrazone groups is 1. The van der Waals surface area contributed by atoms with Crippen molar-refractivity contribution in [2.75, 3.05) is 5.32 Å². The lowest BCUT2D eigenvalue weighted by Crippen LogP contribution is -2.32. The summed E-state index contributed by atoms with van der Waals surface area (Å²) >= 11 is 11.8. The first-order chi connectivity index (χ1) is 12.5. The van der Waals surface area contributed by atoms with Crippen molar-refractivity contribution in [1.82, 2.24) is 5.43 Å². The van der Waals surface area contributed by atoms with Crippen LogP contribution in [0.15, 0.2) is 65.8 Å². The first-order valence-corrected chi connectivity index (χ1v) is 8.37. The standard InChI is InChI=1S/C19H13Cl2N3O2/c20-15-7-5-14(17(21)10-15)11-22-24-19(26)18(25)23-16-8-6-12-3-1-2-4-13(12)9-16/h1-11H,(H,23,25)(H,24,26)/b22-11-. The van der Waals surface area contributed by atoms with E-state index in [1.165, 1.54) is 6.21 Å². The number of nitrogens with one attached hydrogen (secondary N) is 2. The highest BCUT2D eigenvalue weighted by Gasteiger charge is 2.13. The third kappa shape index (κ3) is 4.39. The number of hydrogen-bond acceptors (Lipinski definition) is 3. The molecule has 0 aliphatic rings. The van der Waals surface area contributed by atoms with Gasteiger partial charge in [-0.2, -0.15) is 5.10 Å². The van der Waals surface area contributed by atoms with E-state index in [9.17, 15) is 9.59 Å². The van der Waals surface area contributed by atoms with Crippen LogP contribution in [-0.2, 0) is 9.59 Å². The van der Waals surface area contributed by atoms with Gasteiger partial charge in [0.1, 0.15) is 0 Å². The average Bonchev–Trinajstić information content (AvgIpc) is 2.63. The molecule has 3 aromatic carbocycles. The van der Waals surface area contributed by atoms with Gasteiger partial charge in [-0.3, -0.25) is 9.59 Å². The van der Waals surface area contributed by atoms with Crippen LogP contribution in [0.25, 0.3) is 10.8 Å². The summed E-state index contributed by atoms with van der Waals surface area (Å²) in [5, 5.41) is 9.14. The summed E-state index contributed by atoms with van der Waals surface area (Å²) in [6.45, 7) is 0. The lowest BCUT2D eigenvalue weighted by atomic mass is 10.1. The summed E-state index contributed by atoms with van der Waals surface area (Å²) < 4.78 is 0. The van der Waals surface area contributed by atoms with Gasteiger partial charge in [-0.05, 0) is 35.0 Å². The fourth-order valence-electron chi connectivity index (χ4n) is 2.27. The van der Waals surface area contributed by atoms with E-state index in [-0.39, 0.29) is 0 Å². The van der Waals surface area contributed by atoms with Gasteiger partial charge in [-0.25, -0.2) is 5.43 Å². The van der Waals surface area contributed by atoms with Crippen LogP contribution < -0.4 is 10.7 Å². The van der Waals surface area contributed by atoms with Crippen LogP contribution in [0.1, 0.15) is 5.56 Å². The Morgan fingerprint density at radius 3 is 2.42 bits per heavy atom. The fourth-order valence-corrected chi connectivity index (χ4v) is 2.73. The van der Waals surface area contributed by atoms with Crippen molar-refractivity contribution in [2.45, 2.75) is 0 Å². The molecule has 0 spiro atoms. The van der Waals surface area contributed by atoms with Crippen LogP contribution in [0.3, 0.4) is 0 Å². The summed E-state index contributed by atoms with van der Waals surface area (Å²) in [6.07, 6.45) is 1.33. The van der Waals surface area contributed by atoms with Crippen molar-refractivity contribution in [3.63, 3.8) is 0 Å². The third-order valence-electron chi connectivity index (χ3n) is 3.55. The minimum absolute atomic E-state index is 0.385. The Morgan fingerprint density at radius 1 is 0.885 bits per heavy atom. The molecule has 7 heteroatoms. The van der Waals surface area contributed by atoms with Crippen LogP contribution in [0.2, 0.25) is 10.0 Å². The summed E-state index contributed by atoms with van der Waals surface area (Å²) in [7, 11) is 0. The van der Waals surface area contributed by atoms with Crippen LogP contribution >= 0.6 is 23.2 Å². The SMILES string of the molecule is O=C(N/N=C\c1ccc(Cl)cc1Cl)C(=O)Nc1ccc2ccccc2c1. The molecule has 0 aromatic heterocycles. The highest BCUT2D eigenvalue weighted by atomic mass is 35.5. The van der Waals surface area contributed by atoms with E-state index < -0.39 is 11.8 Å². The maximum atomic E-state index is 12.0. The van der Waals surface area contributed by atoms with Gasteiger partial charge < -0.3 is 5.32 Å². The third-order valence-corrected chi connectivity index (χ3v) is 4.11. The first-order valence-electron chi connectivity index (χ1n) is 7.61. The predicted molar refractivity (Wildman–Crippen MR) is 105 cm³/mol. The van der Waals surface area contributed by atoms with Gasteiger partial charge in [0.05, 0.1) is 11.2 Å². The van der Waals surface area contributed by atoms with Crippen LogP contribution in [0.4, 0.5) is 5.69 Å². The molecule has 0 unspecified atom stereocenters. The number of fused-ring (bicyclic) bond motifs is 1. The van der Waals surface area contributed by atoms with Crippen molar-refractivity contribution in [1.29, 1.82) is 0 Å². The van der Waals surface area contributed by atoms with E-state index in [1.54, 1.807) is 30.3 Å². The van der Waals surface area contributed by atoms with Gasteiger partial charge in [0, 0.05) is 16.3 Å². The maximum Gasteiger partial charge on any atom is 0.329 e. The zero-order valence-electron chi connectivity index (χ0n) is 13.4. The zero-order chi connectivity index (χ0) is 18.5. The summed E-state index contributed by atoms with van der Waals surface area (Å²) in [5.41, 5.74) is 3.24. The predicted octanol–water partition coefficient (Wildman–Crippen LogP) is 4.24. The quantitative estimate of drug-likeness (QED) is 0.402. The van der Waals surface area contributed by atoms with Crippen molar-refractivity contribution in [3.05, 3.63) is 76.3 Å². The number of hydrogen-bond donors (Lipinski definition) is 2. The largest absolute Gasteiger partial charge is 0.329 e. The molecular formula is C19H13Cl2N3O2. The Labute approximate surface area is 159 Å². The number of rotatable bonds is 3. The molecule has 0 fully saturated rings. The zero-order valence-corrected chi connectivity index (χ0v) is 14.9. The molecule has 3 rings (SSSR count). The van der Waals surface area contributed by atoms with E-state index >= 15 is 0 Å². The number of amides is 2. The highest BCUT2D eigenvalue weighted by molar-refractivity contribution is 6.39. The van der Waals surface area contributed by atoms with Crippen molar-refractivity contribution < 1.29 is 9.59 Å². The molecule has 0 heterocycles. The van der Waals surface area contributed by atoms with Gasteiger partial charge in [0.2, 0.25) is 0 Å². The smallest absolute Gasteiger partial charge is 0.318 e. The van der Waals surface area contributed by atoms with Crippen molar-refractivity contribution in [3.8, 4) is 0 Å². The number of halogens is 2. The number of nitrogens with zero attached hydrogens (tertiary/aromatic N) is 1. The second-order valence-corrected chi connectivity index (χ2v) is 6.22. The Bertz CT molecular complexity index is 1020. The molecule has 0 bridgehead atoms. The lowest BCUT2D eigenvalue weighted by molar-refractivity contribution is -0.136. The second kappa shape index (κ2) is 7.99. The average molecular weight is 386 g/mol. The van der Waals surface area contributed by atoms with E-state index in [4.69, 9.17) is 23.2 Å². The van der Waals surface area contributed by atoms with E-state index in [1.807, 2.05) is 30.3 Å². The topological polar surface area (TPSA) is 70.6 Å². The summed E-state index contributed by atoms with van der Waals surface area (Å²) in [4.78, 5) is 23.8. The molecule has 0 radical (unpaired) electrons. The highest BCUT2D eigenvalue weighted by Crippen LogP contribution is 2.20. The summed E-state index contributed by atoms with van der Waals surface area (Å²) in [5.74, 6) is -1.71. The molecule has 3 aromatic rings. The fraction of sp³-hybridized carbons (Fsp3) is 0. The number of anilines is 1. The Morgan fingerprint density at radius 2 is 1.65 bits per heavy atom. The normalized spacial score (nSPS) is 10.8. The molecule has 2 N–H and O–H groups in total. The van der Waals surface area contributed by atoms with Crippen molar-refractivity contribution >= 4 is 57.7 Å². The second-order valence-electron chi connectivity index (χ2n) is 5.38. The summed E-state index contributed by atoms with van der Waals surface area (Å²) in [6, 6.07) is 17.9.